The van der Waals surface area contributed by atoms with Crippen molar-refractivity contribution in [2.75, 3.05) is 18.5 Å². The maximum Gasteiger partial charge on any atom is 0.307 e. The molecule has 0 aliphatic heterocycles. The Labute approximate surface area is 105 Å². The second-order valence-corrected chi connectivity index (χ2v) is 3.71. The Morgan fingerprint density at radius 3 is 3.06 bits per heavy atom. The van der Waals surface area contributed by atoms with Crippen molar-refractivity contribution in [2.24, 2.45) is 5.73 Å². The van der Waals surface area contributed by atoms with Gasteiger partial charge in [-0.05, 0) is 13.0 Å². The molecular weight excluding hydrogens is 238 g/mol. The summed E-state index contributed by atoms with van der Waals surface area (Å²) in [7, 11) is 0. The number of nitrogens with zero attached hydrogens (tertiary/aromatic N) is 1. The Morgan fingerprint density at radius 2 is 2.41 bits per heavy atom. The topological polar surface area (TPSA) is 77.2 Å². The number of anilines is 1. The SMILES string of the molecule is CCOC(=O)CCNc1cnccc1C(N)=S. The van der Waals surface area contributed by atoms with Crippen molar-refractivity contribution >= 4 is 28.9 Å². The third kappa shape index (κ3) is 4.36. The fourth-order valence-electron chi connectivity index (χ4n) is 1.28. The lowest BCUT2D eigenvalue weighted by Crippen LogP contribution is -2.16. The number of rotatable bonds is 6. The second kappa shape index (κ2) is 6.80. The largest absolute Gasteiger partial charge is 0.466 e. The second-order valence-electron chi connectivity index (χ2n) is 3.27. The zero-order valence-electron chi connectivity index (χ0n) is 9.60. The van der Waals surface area contributed by atoms with E-state index in [4.69, 9.17) is 22.7 Å². The van der Waals surface area contributed by atoms with E-state index in [2.05, 4.69) is 10.3 Å². The molecule has 0 bridgehead atoms. The summed E-state index contributed by atoms with van der Waals surface area (Å²) in [5.74, 6) is -0.235. The van der Waals surface area contributed by atoms with Crippen molar-refractivity contribution in [3.8, 4) is 0 Å². The molecule has 1 rings (SSSR count). The van der Waals surface area contributed by atoms with E-state index < -0.39 is 0 Å². The van der Waals surface area contributed by atoms with Crippen LogP contribution in [0.5, 0.6) is 0 Å². The summed E-state index contributed by atoms with van der Waals surface area (Å²) in [4.78, 5) is 15.4. The Morgan fingerprint density at radius 1 is 1.65 bits per heavy atom. The van der Waals surface area contributed by atoms with Crippen molar-refractivity contribution in [2.45, 2.75) is 13.3 Å². The van der Waals surface area contributed by atoms with Gasteiger partial charge < -0.3 is 15.8 Å². The zero-order valence-corrected chi connectivity index (χ0v) is 10.4. The Bertz CT molecular complexity index is 409. The molecule has 0 aromatic carbocycles. The van der Waals surface area contributed by atoms with Gasteiger partial charge in [-0.25, -0.2) is 0 Å². The molecule has 0 radical (unpaired) electrons. The first kappa shape index (κ1) is 13.4. The van der Waals surface area contributed by atoms with Gasteiger partial charge in [-0.1, -0.05) is 12.2 Å². The van der Waals surface area contributed by atoms with Crippen LogP contribution in [0, 0.1) is 0 Å². The molecule has 1 aromatic rings. The molecule has 0 aliphatic carbocycles. The van der Waals surface area contributed by atoms with E-state index in [0.717, 1.165) is 11.3 Å². The molecule has 1 heterocycles. The highest BCUT2D eigenvalue weighted by molar-refractivity contribution is 7.80. The van der Waals surface area contributed by atoms with Crippen molar-refractivity contribution in [3.63, 3.8) is 0 Å². The molecule has 1 aromatic heterocycles. The summed E-state index contributed by atoms with van der Waals surface area (Å²) in [6.07, 6.45) is 3.53. The van der Waals surface area contributed by atoms with Gasteiger partial charge in [0.1, 0.15) is 4.99 Å². The van der Waals surface area contributed by atoms with Gasteiger partial charge in [0.15, 0.2) is 0 Å². The fraction of sp³-hybridized carbons (Fsp3) is 0.364. The predicted molar refractivity (Wildman–Crippen MR) is 69.9 cm³/mol. The highest BCUT2D eigenvalue weighted by Gasteiger charge is 2.05. The molecule has 0 spiro atoms. The van der Waals surface area contributed by atoms with E-state index in [1.54, 1.807) is 25.4 Å². The molecule has 0 atom stereocenters. The molecule has 5 nitrogen and oxygen atoms in total. The summed E-state index contributed by atoms with van der Waals surface area (Å²) in [6, 6.07) is 1.73. The summed E-state index contributed by atoms with van der Waals surface area (Å²) < 4.78 is 4.81. The highest BCUT2D eigenvalue weighted by atomic mass is 32.1. The Balaban J connectivity index is 2.52. The highest BCUT2D eigenvalue weighted by Crippen LogP contribution is 2.12. The normalized spacial score (nSPS) is 9.71. The quantitative estimate of drug-likeness (QED) is 0.583. The van der Waals surface area contributed by atoms with E-state index >= 15 is 0 Å². The third-order valence-electron chi connectivity index (χ3n) is 2.04. The summed E-state index contributed by atoms with van der Waals surface area (Å²) in [5, 5.41) is 3.05. The first-order chi connectivity index (χ1) is 8.15. The standard InChI is InChI=1S/C11H15N3O2S/c1-2-16-10(15)4-6-14-9-7-13-5-3-8(9)11(12)17/h3,5,7,14H,2,4,6H2,1H3,(H2,12,17). The molecule has 3 N–H and O–H groups in total. The molecule has 0 unspecified atom stereocenters. The van der Waals surface area contributed by atoms with E-state index in [1.165, 1.54) is 0 Å². The first-order valence-electron chi connectivity index (χ1n) is 5.28. The van der Waals surface area contributed by atoms with Crippen LogP contribution in [0.15, 0.2) is 18.5 Å². The number of thiocarbonyl (C=S) groups is 1. The van der Waals surface area contributed by atoms with Crippen LogP contribution in [0.3, 0.4) is 0 Å². The van der Waals surface area contributed by atoms with E-state index in [1.807, 2.05) is 0 Å². The van der Waals surface area contributed by atoms with Crippen LogP contribution in [-0.2, 0) is 9.53 Å². The van der Waals surface area contributed by atoms with E-state index in [9.17, 15) is 4.79 Å². The lowest BCUT2D eigenvalue weighted by molar-refractivity contribution is -0.142. The van der Waals surface area contributed by atoms with Crippen molar-refractivity contribution in [1.82, 2.24) is 4.98 Å². The molecule has 0 saturated carbocycles. The molecule has 0 fully saturated rings. The van der Waals surface area contributed by atoms with E-state index in [-0.39, 0.29) is 5.97 Å². The summed E-state index contributed by atoms with van der Waals surface area (Å²) >= 11 is 4.91. The number of nitrogens with one attached hydrogen (secondary N) is 1. The van der Waals surface area contributed by atoms with Gasteiger partial charge in [0, 0.05) is 18.3 Å². The lowest BCUT2D eigenvalue weighted by atomic mass is 10.2. The van der Waals surface area contributed by atoms with Crippen molar-refractivity contribution in [1.29, 1.82) is 0 Å². The van der Waals surface area contributed by atoms with Gasteiger partial charge in [0.25, 0.3) is 0 Å². The molecule has 0 amide bonds. The van der Waals surface area contributed by atoms with Gasteiger partial charge >= 0.3 is 5.97 Å². The number of carbonyl (C=O) groups excluding carboxylic acids is 1. The van der Waals surface area contributed by atoms with Gasteiger partial charge in [-0.15, -0.1) is 0 Å². The summed E-state index contributed by atoms with van der Waals surface area (Å²) in [6.45, 7) is 2.63. The summed E-state index contributed by atoms with van der Waals surface area (Å²) in [5.41, 5.74) is 7.01. The van der Waals surface area contributed by atoms with Crippen LogP contribution in [0.4, 0.5) is 5.69 Å². The number of carbonyl (C=O) groups is 1. The van der Waals surface area contributed by atoms with Gasteiger partial charge in [0.2, 0.25) is 0 Å². The van der Waals surface area contributed by atoms with Crippen LogP contribution in [0.1, 0.15) is 18.9 Å². The van der Waals surface area contributed by atoms with Crippen LogP contribution in [-0.4, -0.2) is 29.1 Å². The van der Waals surface area contributed by atoms with Crippen LogP contribution < -0.4 is 11.1 Å². The average molecular weight is 253 g/mol. The maximum absolute atomic E-state index is 11.1. The molecule has 17 heavy (non-hydrogen) atoms. The molecular formula is C11H15N3O2S. The average Bonchev–Trinajstić information content (AvgIpc) is 2.30. The van der Waals surface area contributed by atoms with E-state index in [0.29, 0.717) is 24.6 Å². The van der Waals surface area contributed by atoms with Crippen LogP contribution >= 0.6 is 12.2 Å². The number of ether oxygens (including phenoxy) is 1. The number of hydrogen-bond acceptors (Lipinski definition) is 5. The number of nitrogens with two attached hydrogens (primary N) is 1. The fourth-order valence-corrected chi connectivity index (χ4v) is 1.46. The molecule has 0 saturated heterocycles. The number of pyridine rings is 1. The van der Waals surface area contributed by atoms with Crippen molar-refractivity contribution < 1.29 is 9.53 Å². The number of hydrogen-bond donors (Lipinski definition) is 2. The Hall–Kier alpha value is -1.69. The zero-order chi connectivity index (χ0) is 12.7. The smallest absolute Gasteiger partial charge is 0.307 e. The van der Waals surface area contributed by atoms with Gasteiger partial charge in [-0.3, -0.25) is 9.78 Å². The third-order valence-corrected chi connectivity index (χ3v) is 2.26. The van der Waals surface area contributed by atoms with Crippen LogP contribution in [0.25, 0.3) is 0 Å². The number of esters is 1. The predicted octanol–water partition coefficient (Wildman–Crippen LogP) is 1.08. The molecule has 92 valence electrons. The molecule has 6 heteroatoms. The van der Waals surface area contributed by atoms with Crippen LogP contribution in [0.2, 0.25) is 0 Å². The molecule has 0 aliphatic rings. The minimum Gasteiger partial charge on any atom is -0.466 e. The first-order valence-corrected chi connectivity index (χ1v) is 5.69. The Kier molecular flexibility index (Phi) is 5.35. The minimum atomic E-state index is -0.235. The lowest BCUT2D eigenvalue weighted by Gasteiger charge is -2.09. The van der Waals surface area contributed by atoms with Gasteiger partial charge in [-0.2, -0.15) is 0 Å². The minimum absolute atomic E-state index is 0.235. The monoisotopic (exact) mass is 253 g/mol. The van der Waals surface area contributed by atoms with Crippen molar-refractivity contribution in [3.05, 3.63) is 24.0 Å². The number of aromatic nitrogens is 1. The van der Waals surface area contributed by atoms with Gasteiger partial charge in [0.05, 0.1) is 24.9 Å². The maximum atomic E-state index is 11.1.